The Hall–Kier alpha value is -0.840. The maximum atomic E-state index is 4.18. The van der Waals surface area contributed by atoms with Gasteiger partial charge in [-0.15, -0.1) is 0 Å². The van der Waals surface area contributed by atoms with Crippen molar-refractivity contribution in [1.82, 2.24) is 9.97 Å². The molecule has 0 bridgehead atoms. The SMILES string of the molecule is CNc1ncnc(NCC(C)(C)C)c1Br. The van der Waals surface area contributed by atoms with E-state index in [1.54, 1.807) is 6.33 Å². The number of nitrogens with zero attached hydrogens (tertiary/aromatic N) is 2. The lowest BCUT2D eigenvalue weighted by molar-refractivity contribution is 0.442. The average Bonchev–Trinajstić information content (AvgIpc) is 2.15. The summed E-state index contributed by atoms with van der Waals surface area (Å²) >= 11 is 3.46. The normalized spacial score (nSPS) is 11.3. The highest BCUT2D eigenvalue weighted by atomic mass is 79.9. The van der Waals surface area contributed by atoms with Gasteiger partial charge in [-0.1, -0.05) is 20.8 Å². The number of halogens is 1. The molecule has 0 amide bonds. The van der Waals surface area contributed by atoms with Crippen LogP contribution in [0.15, 0.2) is 10.8 Å². The first-order valence-electron chi connectivity index (χ1n) is 4.86. The van der Waals surface area contributed by atoms with Gasteiger partial charge in [0.25, 0.3) is 0 Å². The van der Waals surface area contributed by atoms with Crippen molar-refractivity contribution in [2.45, 2.75) is 20.8 Å². The Morgan fingerprint density at radius 3 is 2.40 bits per heavy atom. The zero-order valence-corrected chi connectivity index (χ0v) is 11.1. The fraction of sp³-hybridized carbons (Fsp3) is 0.600. The van der Waals surface area contributed by atoms with Gasteiger partial charge in [-0.25, -0.2) is 9.97 Å². The second-order valence-corrected chi connectivity index (χ2v) is 5.34. The Labute approximate surface area is 99.0 Å². The van der Waals surface area contributed by atoms with Gasteiger partial charge in [-0.2, -0.15) is 0 Å². The van der Waals surface area contributed by atoms with Crippen LogP contribution in [0, 0.1) is 5.41 Å². The molecule has 5 heteroatoms. The van der Waals surface area contributed by atoms with Crippen molar-refractivity contribution < 1.29 is 0 Å². The molecule has 0 saturated carbocycles. The number of aromatic nitrogens is 2. The van der Waals surface area contributed by atoms with Gasteiger partial charge in [-0.3, -0.25) is 0 Å². The molecule has 1 heterocycles. The van der Waals surface area contributed by atoms with Crippen molar-refractivity contribution >= 4 is 27.6 Å². The summed E-state index contributed by atoms with van der Waals surface area (Å²) in [6.45, 7) is 7.39. The molecule has 1 aromatic rings. The fourth-order valence-electron chi connectivity index (χ4n) is 1.02. The maximum absolute atomic E-state index is 4.18. The molecule has 0 aliphatic heterocycles. The molecule has 2 N–H and O–H groups in total. The second kappa shape index (κ2) is 4.79. The first kappa shape index (κ1) is 12.2. The molecule has 0 aliphatic carbocycles. The molecule has 4 nitrogen and oxygen atoms in total. The molecule has 0 spiro atoms. The molecule has 0 atom stereocenters. The summed E-state index contributed by atoms with van der Waals surface area (Å²) in [5.41, 5.74) is 0.226. The zero-order valence-electron chi connectivity index (χ0n) is 9.56. The summed E-state index contributed by atoms with van der Waals surface area (Å²) in [7, 11) is 1.83. The van der Waals surface area contributed by atoms with Crippen LogP contribution in [-0.4, -0.2) is 23.6 Å². The van der Waals surface area contributed by atoms with E-state index in [1.807, 2.05) is 7.05 Å². The van der Waals surface area contributed by atoms with Crippen LogP contribution in [0.25, 0.3) is 0 Å². The van der Waals surface area contributed by atoms with Crippen LogP contribution in [0.2, 0.25) is 0 Å². The third-order valence-electron chi connectivity index (χ3n) is 1.81. The predicted octanol–water partition coefficient (Wildman–Crippen LogP) is 2.74. The largest absolute Gasteiger partial charge is 0.372 e. The van der Waals surface area contributed by atoms with E-state index >= 15 is 0 Å². The topological polar surface area (TPSA) is 49.8 Å². The van der Waals surface area contributed by atoms with Crippen molar-refractivity contribution in [1.29, 1.82) is 0 Å². The molecule has 0 radical (unpaired) electrons. The van der Waals surface area contributed by atoms with Crippen LogP contribution in [0.3, 0.4) is 0 Å². The van der Waals surface area contributed by atoms with Crippen molar-refractivity contribution in [2.75, 3.05) is 24.2 Å². The highest BCUT2D eigenvalue weighted by molar-refractivity contribution is 9.10. The van der Waals surface area contributed by atoms with Crippen LogP contribution in [0.1, 0.15) is 20.8 Å². The van der Waals surface area contributed by atoms with Crippen LogP contribution in [0.5, 0.6) is 0 Å². The Morgan fingerprint density at radius 2 is 1.87 bits per heavy atom. The lowest BCUT2D eigenvalue weighted by Gasteiger charge is -2.19. The Bertz CT molecular complexity index is 333. The van der Waals surface area contributed by atoms with Gasteiger partial charge in [0.15, 0.2) is 0 Å². The van der Waals surface area contributed by atoms with Gasteiger partial charge < -0.3 is 10.6 Å². The number of rotatable bonds is 3. The van der Waals surface area contributed by atoms with Crippen molar-refractivity contribution in [2.24, 2.45) is 5.41 Å². The van der Waals surface area contributed by atoms with Crippen LogP contribution in [-0.2, 0) is 0 Å². The molecule has 0 aromatic carbocycles. The summed E-state index contributed by atoms with van der Waals surface area (Å²) in [6.07, 6.45) is 1.54. The molecule has 1 rings (SSSR count). The smallest absolute Gasteiger partial charge is 0.145 e. The molecular formula is C10H17BrN4. The highest BCUT2D eigenvalue weighted by Crippen LogP contribution is 2.26. The lowest BCUT2D eigenvalue weighted by atomic mass is 9.97. The average molecular weight is 273 g/mol. The van der Waals surface area contributed by atoms with Gasteiger partial charge >= 0.3 is 0 Å². The van der Waals surface area contributed by atoms with Gasteiger partial charge in [0.1, 0.15) is 22.4 Å². The third kappa shape index (κ3) is 3.66. The minimum Gasteiger partial charge on any atom is -0.372 e. The van der Waals surface area contributed by atoms with E-state index in [4.69, 9.17) is 0 Å². The molecule has 0 fully saturated rings. The van der Waals surface area contributed by atoms with E-state index in [2.05, 4.69) is 57.3 Å². The highest BCUT2D eigenvalue weighted by Gasteiger charge is 2.12. The van der Waals surface area contributed by atoms with E-state index in [0.29, 0.717) is 0 Å². The van der Waals surface area contributed by atoms with E-state index in [0.717, 1.165) is 22.7 Å². The second-order valence-electron chi connectivity index (χ2n) is 4.55. The van der Waals surface area contributed by atoms with Gasteiger partial charge in [0, 0.05) is 13.6 Å². The van der Waals surface area contributed by atoms with Crippen LogP contribution >= 0.6 is 15.9 Å². The molecule has 0 aliphatic rings. The number of hydrogen-bond acceptors (Lipinski definition) is 4. The van der Waals surface area contributed by atoms with Crippen LogP contribution < -0.4 is 10.6 Å². The summed E-state index contributed by atoms with van der Waals surface area (Å²) in [5, 5.41) is 6.28. The monoisotopic (exact) mass is 272 g/mol. The first-order valence-corrected chi connectivity index (χ1v) is 5.65. The molecule has 15 heavy (non-hydrogen) atoms. The van der Waals surface area contributed by atoms with E-state index in [9.17, 15) is 0 Å². The summed E-state index contributed by atoms with van der Waals surface area (Å²) < 4.78 is 0.872. The molecule has 0 unspecified atom stereocenters. The minimum atomic E-state index is 0.226. The maximum Gasteiger partial charge on any atom is 0.145 e. The number of hydrogen-bond donors (Lipinski definition) is 2. The first-order chi connectivity index (χ1) is 6.94. The van der Waals surface area contributed by atoms with Crippen molar-refractivity contribution in [3.63, 3.8) is 0 Å². The fourth-order valence-corrected chi connectivity index (χ4v) is 1.56. The quantitative estimate of drug-likeness (QED) is 0.889. The molecule has 0 saturated heterocycles. The van der Waals surface area contributed by atoms with Crippen molar-refractivity contribution in [3.05, 3.63) is 10.8 Å². The molecule has 1 aromatic heterocycles. The van der Waals surface area contributed by atoms with E-state index in [-0.39, 0.29) is 5.41 Å². The van der Waals surface area contributed by atoms with Gasteiger partial charge in [0.2, 0.25) is 0 Å². The Morgan fingerprint density at radius 1 is 1.27 bits per heavy atom. The Balaban J connectivity index is 2.78. The number of anilines is 2. The van der Waals surface area contributed by atoms with Gasteiger partial charge in [-0.05, 0) is 21.3 Å². The standard InChI is InChI=1S/C10H17BrN4/c1-10(2,3)5-13-9-7(11)8(12-4)14-6-15-9/h6H,5H2,1-4H3,(H2,12,13,14,15). The summed E-state index contributed by atoms with van der Waals surface area (Å²) in [4.78, 5) is 8.27. The Kier molecular flexibility index (Phi) is 3.90. The third-order valence-corrected chi connectivity index (χ3v) is 2.56. The number of nitrogens with one attached hydrogen (secondary N) is 2. The predicted molar refractivity (Wildman–Crippen MR) is 67.2 cm³/mol. The summed E-state index contributed by atoms with van der Waals surface area (Å²) in [5.74, 6) is 1.62. The minimum absolute atomic E-state index is 0.226. The summed E-state index contributed by atoms with van der Waals surface area (Å²) in [6, 6.07) is 0. The van der Waals surface area contributed by atoms with Crippen LogP contribution in [0.4, 0.5) is 11.6 Å². The van der Waals surface area contributed by atoms with E-state index in [1.165, 1.54) is 0 Å². The van der Waals surface area contributed by atoms with Crippen molar-refractivity contribution in [3.8, 4) is 0 Å². The van der Waals surface area contributed by atoms with Gasteiger partial charge in [0.05, 0.1) is 0 Å². The van der Waals surface area contributed by atoms with E-state index < -0.39 is 0 Å². The molecular weight excluding hydrogens is 256 g/mol. The zero-order chi connectivity index (χ0) is 11.5. The molecule has 84 valence electrons. The lowest BCUT2D eigenvalue weighted by Crippen LogP contribution is -2.20.